The summed E-state index contributed by atoms with van der Waals surface area (Å²) in [7, 11) is 5.37. The third-order valence-electron chi connectivity index (χ3n) is 5.51. The first-order valence-electron chi connectivity index (χ1n) is 10.6. The van der Waals surface area contributed by atoms with Crippen molar-refractivity contribution in [2.75, 3.05) is 46.1 Å². The second kappa shape index (κ2) is 10.3. The topological polar surface area (TPSA) is 80.8 Å². The zero-order valence-corrected chi connectivity index (χ0v) is 18.8. The van der Waals surface area contributed by atoms with Gasteiger partial charge in [-0.3, -0.25) is 9.88 Å². The number of aryl methyl sites for hydroxylation is 1. The maximum absolute atomic E-state index is 12.2. The minimum absolute atomic E-state index is 0.0189. The lowest BCUT2D eigenvalue weighted by Gasteiger charge is -2.32. The minimum Gasteiger partial charge on any atom is -0.334 e. The van der Waals surface area contributed by atoms with Gasteiger partial charge in [0.05, 0.1) is 11.9 Å². The average molecular weight is 425 g/mol. The van der Waals surface area contributed by atoms with E-state index in [0.29, 0.717) is 18.8 Å². The number of hydrogen-bond donors (Lipinski definition) is 2. The Kier molecular flexibility index (Phi) is 7.46. The van der Waals surface area contributed by atoms with E-state index in [-0.39, 0.29) is 12.1 Å². The lowest BCUT2D eigenvalue weighted by Crippen LogP contribution is -2.42. The van der Waals surface area contributed by atoms with Crippen molar-refractivity contribution < 1.29 is 9.59 Å². The van der Waals surface area contributed by atoms with E-state index in [1.807, 2.05) is 32.2 Å². The molecule has 3 rings (SSSR count). The van der Waals surface area contributed by atoms with E-state index in [9.17, 15) is 9.59 Å². The summed E-state index contributed by atoms with van der Waals surface area (Å²) in [5.41, 5.74) is 5.33. The number of carbonyl (C=O) groups is 2. The van der Waals surface area contributed by atoms with Crippen LogP contribution in [-0.2, 0) is 19.5 Å². The van der Waals surface area contributed by atoms with Gasteiger partial charge in [0, 0.05) is 59.6 Å². The van der Waals surface area contributed by atoms with Gasteiger partial charge in [0.1, 0.15) is 0 Å². The highest BCUT2D eigenvalue weighted by atomic mass is 16.2. The number of aromatic nitrogens is 1. The van der Waals surface area contributed by atoms with Gasteiger partial charge in [-0.2, -0.15) is 0 Å². The molecule has 166 valence electrons. The van der Waals surface area contributed by atoms with E-state index in [1.54, 1.807) is 30.1 Å². The van der Waals surface area contributed by atoms with Crippen LogP contribution >= 0.6 is 0 Å². The SMILES string of the molecule is Cc1ccc(NC(=O)NCc2cccc3c2CCN(CCN(C)C(=O)N(C)C)C3)cn1. The lowest BCUT2D eigenvalue weighted by molar-refractivity contribution is 0.168. The molecule has 0 fully saturated rings. The first-order chi connectivity index (χ1) is 14.8. The molecular formula is C23H32N6O2. The van der Waals surface area contributed by atoms with Gasteiger partial charge >= 0.3 is 12.1 Å². The summed E-state index contributed by atoms with van der Waals surface area (Å²) in [6.07, 6.45) is 2.58. The number of amides is 4. The summed E-state index contributed by atoms with van der Waals surface area (Å²) in [5, 5.41) is 5.76. The van der Waals surface area contributed by atoms with E-state index in [1.165, 1.54) is 11.1 Å². The molecule has 2 aromatic rings. The highest BCUT2D eigenvalue weighted by Gasteiger charge is 2.20. The molecule has 1 aromatic heterocycles. The van der Waals surface area contributed by atoms with E-state index >= 15 is 0 Å². The van der Waals surface area contributed by atoms with Crippen LogP contribution in [0.5, 0.6) is 0 Å². The third kappa shape index (κ3) is 6.18. The Balaban J connectivity index is 1.53. The molecule has 31 heavy (non-hydrogen) atoms. The molecule has 0 spiro atoms. The summed E-state index contributed by atoms with van der Waals surface area (Å²) >= 11 is 0. The molecule has 0 saturated carbocycles. The summed E-state index contributed by atoms with van der Waals surface area (Å²) < 4.78 is 0. The van der Waals surface area contributed by atoms with Gasteiger partial charge in [-0.1, -0.05) is 18.2 Å². The van der Waals surface area contributed by atoms with Crippen LogP contribution in [0, 0.1) is 6.92 Å². The fraction of sp³-hybridized carbons (Fsp3) is 0.435. The maximum Gasteiger partial charge on any atom is 0.319 e. The highest BCUT2D eigenvalue weighted by molar-refractivity contribution is 5.88. The summed E-state index contributed by atoms with van der Waals surface area (Å²) in [6.45, 7) is 5.72. The van der Waals surface area contributed by atoms with Gasteiger partial charge in [-0.05, 0) is 42.2 Å². The van der Waals surface area contributed by atoms with Crippen LogP contribution in [0.3, 0.4) is 0 Å². The molecule has 2 N–H and O–H groups in total. The molecule has 1 aliphatic rings. The first kappa shape index (κ1) is 22.6. The number of anilines is 1. The van der Waals surface area contributed by atoms with Gasteiger partial charge < -0.3 is 20.4 Å². The fourth-order valence-corrected chi connectivity index (χ4v) is 3.72. The van der Waals surface area contributed by atoms with E-state index in [2.05, 4.69) is 32.7 Å². The zero-order chi connectivity index (χ0) is 22.4. The number of nitrogens with one attached hydrogen (secondary N) is 2. The Bertz CT molecular complexity index is 913. The Labute approximate surface area is 184 Å². The minimum atomic E-state index is -0.241. The normalized spacial score (nSPS) is 13.3. The molecule has 2 heterocycles. The van der Waals surface area contributed by atoms with Crippen molar-refractivity contribution >= 4 is 17.7 Å². The molecule has 0 unspecified atom stereocenters. The first-order valence-corrected chi connectivity index (χ1v) is 10.6. The van der Waals surface area contributed by atoms with Crippen LogP contribution in [0.2, 0.25) is 0 Å². The fourth-order valence-electron chi connectivity index (χ4n) is 3.72. The van der Waals surface area contributed by atoms with Crippen LogP contribution in [0.1, 0.15) is 22.4 Å². The number of rotatable bonds is 6. The molecule has 0 saturated heterocycles. The lowest BCUT2D eigenvalue weighted by atomic mass is 9.94. The Hall–Kier alpha value is -3.13. The number of likely N-dealkylation sites (N-methyl/N-ethyl adjacent to an activating group) is 1. The molecular weight excluding hydrogens is 392 g/mol. The number of hydrogen-bond acceptors (Lipinski definition) is 4. The number of nitrogens with zero attached hydrogens (tertiary/aromatic N) is 4. The van der Waals surface area contributed by atoms with Gasteiger partial charge in [0.25, 0.3) is 0 Å². The van der Waals surface area contributed by atoms with Crippen molar-refractivity contribution in [3.8, 4) is 0 Å². The molecule has 0 radical (unpaired) electrons. The molecule has 8 nitrogen and oxygen atoms in total. The van der Waals surface area contributed by atoms with Crippen LogP contribution in [0.15, 0.2) is 36.5 Å². The number of benzene rings is 1. The molecule has 8 heteroatoms. The van der Waals surface area contributed by atoms with Crippen molar-refractivity contribution in [3.63, 3.8) is 0 Å². The Morgan fingerprint density at radius 1 is 1.16 bits per heavy atom. The number of urea groups is 2. The standard InChI is InChI=1S/C23H32N6O2/c1-17-8-9-20(15-24-17)26-22(30)25-14-18-6-5-7-19-16-29(11-10-21(18)19)13-12-28(4)23(31)27(2)3/h5-9,15H,10-14,16H2,1-4H3,(H2,25,26,30). The second-order valence-corrected chi connectivity index (χ2v) is 8.18. The predicted octanol–water partition coefficient (Wildman–Crippen LogP) is 2.68. The predicted molar refractivity (Wildman–Crippen MR) is 122 cm³/mol. The van der Waals surface area contributed by atoms with Crippen molar-refractivity contribution in [2.24, 2.45) is 0 Å². The van der Waals surface area contributed by atoms with Gasteiger partial charge in [0.2, 0.25) is 0 Å². The highest BCUT2D eigenvalue weighted by Crippen LogP contribution is 2.22. The third-order valence-corrected chi connectivity index (χ3v) is 5.51. The largest absolute Gasteiger partial charge is 0.334 e. The van der Waals surface area contributed by atoms with Gasteiger partial charge in [-0.25, -0.2) is 9.59 Å². The van der Waals surface area contributed by atoms with E-state index < -0.39 is 0 Å². The smallest absolute Gasteiger partial charge is 0.319 e. The molecule has 1 aliphatic heterocycles. The van der Waals surface area contributed by atoms with Crippen molar-refractivity contribution in [1.82, 2.24) is 25.0 Å². The summed E-state index contributed by atoms with van der Waals surface area (Å²) in [6, 6.07) is 9.75. The second-order valence-electron chi connectivity index (χ2n) is 8.18. The van der Waals surface area contributed by atoms with Crippen LogP contribution in [0.25, 0.3) is 0 Å². The summed E-state index contributed by atoms with van der Waals surface area (Å²) in [4.78, 5) is 34.2. The Morgan fingerprint density at radius 2 is 1.97 bits per heavy atom. The molecule has 0 atom stereocenters. The summed E-state index contributed by atoms with van der Waals surface area (Å²) in [5.74, 6) is 0. The molecule has 4 amide bonds. The molecule has 1 aromatic carbocycles. The molecule has 0 aliphatic carbocycles. The van der Waals surface area contributed by atoms with Gasteiger partial charge in [0.15, 0.2) is 0 Å². The van der Waals surface area contributed by atoms with Crippen molar-refractivity contribution in [2.45, 2.75) is 26.4 Å². The number of fused-ring (bicyclic) bond motifs is 1. The van der Waals surface area contributed by atoms with Crippen molar-refractivity contribution in [1.29, 1.82) is 0 Å². The zero-order valence-electron chi connectivity index (χ0n) is 18.8. The van der Waals surface area contributed by atoms with Crippen LogP contribution < -0.4 is 10.6 Å². The average Bonchev–Trinajstić information content (AvgIpc) is 2.76. The van der Waals surface area contributed by atoms with E-state index in [4.69, 9.17) is 0 Å². The van der Waals surface area contributed by atoms with Crippen molar-refractivity contribution in [3.05, 3.63) is 58.9 Å². The number of pyridine rings is 1. The maximum atomic E-state index is 12.2. The van der Waals surface area contributed by atoms with Crippen LogP contribution in [-0.4, -0.2) is 72.5 Å². The quantitative estimate of drug-likeness (QED) is 0.747. The van der Waals surface area contributed by atoms with E-state index in [0.717, 1.165) is 37.3 Å². The van der Waals surface area contributed by atoms with Gasteiger partial charge in [-0.15, -0.1) is 0 Å². The monoisotopic (exact) mass is 424 g/mol. The van der Waals surface area contributed by atoms with Crippen LogP contribution in [0.4, 0.5) is 15.3 Å². The molecule has 0 bridgehead atoms. The number of carbonyl (C=O) groups excluding carboxylic acids is 2. The Morgan fingerprint density at radius 3 is 2.68 bits per heavy atom.